The molecule has 18 heavy (non-hydrogen) atoms. The Kier molecular flexibility index (Phi) is 3.78. The quantitative estimate of drug-likeness (QED) is 0.652. The van der Waals surface area contributed by atoms with Gasteiger partial charge in [-0.1, -0.05) is 11.6 Å². The van der Waals surface area contributed by atoms with Crippen LogP contribution in [0.5, 0.6) is 0 Å². The first-order valence-electron chi connectivity index (χ1n) is 5.99. The van der Waals surface area contributed by atoms with Crippen LogP contribution in [0.15, 0.2) is 18.2 Å². The molecule has 3 N–H and O–H groups in total. The van der Waals surface area contributed by atoms with Crippen molar-refractivity contribution in [3.8, 4) is 0 Å². The SMILES string of the molecule is CC1OCCC1N(C)c1ccc(Cl)cc1C(=N)N. The van der Waals surface area contributed by atoms with Crippen LogP contribution in [-0.2, 0) is 4.74 Å². The van der Waals surface area contributed by atoms with Gasteiger partial charge in [-0.25, -0.2) is 0 Å². The summed E-state index contributed by atoms with van der Waals surface area (Å²) in [6, 6.07) is 5.77. The molecule has 0 spiro atoms. The molecule has 0 aromatic heterocycles. The highest BCUT2D eigenvalue weighted by molar-refractivity contribution is 6.31. The molecule has 1 fully saturated rings. The van der Waals surface area contributed by atoms with E-state index < -0.39 is 0 Å². The van der Waals surface area contributed by atoms with Crippen molar-refractivity contribution in [2.45, 2.75) is 25.5 Å². The summed E-state index contributed by atoms with van der Waals surface area (Å²) in [5.41, 5.74) is 7.22. The molecule has 1 aromatic carbocycles. The molecular weight excluding hydrogens is 250 g/mol. The Hall–Kier alpha value is -1.26. The lowest BCUT2D eigenvalue weighted by atomic mass is 10.1. The Morgan fingerprint density at radius 2 is 2.28 bits per heavy atom. The Morgan fingerprint density at radius 3 is 2.83 bits per heavy atom. The van der Waals surface area contributed by atoms with Gasteiger partial charge in [0.1, 0.15) is 5.84 Å². The molecule has 1 saturated heterocycles. The number of nitrogens with one attached hydrogen (secondary N) is 1. The van der Waals surface area contributed by atoms with E-state index >= 15 is 0 Å². The van der Waals surface area contributed by atoms with Crippen LogP contribution in [-0.4, -0.2) is 31.6 Å². The van der Waals surface area contributed by atoms with E-state index in [1.54, 1.807) is 6.07 Å². The zero-order valence-corrected chi connectivity index (χ0v) is 11.4. The van der Waals surface area contributed by atoms with Crippen LogP contribution in [0, 0.1) is 5.41 Å². The van der Waals surface area contributed by atoms with E-state index in [9.17, 15) is 0 Å². The molecule has 98 valence electrons. The van der Waals surface area contributed by atoms with Crippen LogP contribution in [0.3, 0.4) is 0 Å². The van der Waals surface area contributed by atoms with Gasteiger partial charge in [0, 0.05) is 29.9 Å². The van der Waals surface area contributed by atoms with E-state index in [1.165, 1.54) is 0 Å². The van der Waals surface area contributed by atoms with Crippen molar-refractivity contribution in [2.24, 2.45) is 5.73 Å². The maximum atomic E-state index is 7.65. The van der Waals surface area contributed by atoms with Crippen molar-refractivity contribution in [1.29, 1.82) is 5.41 Å². The van der Waals surface area contributed by atoms with E-state index in [4.69, 9.17) is 27.5 Å². The normalized spacial score (nSPS) is 23.1. The molecule has 0 aliphatic carbocycles. The number of anilines is 1. The summed E-state index contributed by atoms with van der Waals surface area (Å²) >= 11 is 5.96. The first-order chi connectivity index (χ1) is 8.50. The molecule has 4 nitrogen and oxygen atoms in total. The molecule has 0 saturated carbocycles. The van der Waals surface area contributed by atoms with Crippen molar-refractivity contribution >= 4 is 23.1 Å². The maximum absolute atomic E-state index is 7.65. The highest BCUT2D eigenvalue weighted by Gasteiger charge is 2.29. The number of hydrogen-bond donors (Lipinski definition) is 2. The van der Waals surface area contributed by atoms with Crippen LogP contribution in [0.25, 0.3) is 0 Å². The number of benzene rings is 1. The third-order valence-corrected chi connectivity index (χ3v) is 3.70. The molecule has 5 heteroatoms. The second-order valence-corrected chi connectivity index (χ2v) is 5.05. The summed E-state index contributed by atoms with van der Waals surface area (Å²) in [6.07, 6.45) is 1.17. The number of nitrogens with zero attached hydrogens (tertiary/aromatic N) is 1. The van der Waals surface area contributed by atoms with Crippen molar-refractivity contribution in [2.75, 3.05) is 18.6 Å². The van der Waals surface area contributed by atoms with Crippen LogP contribution in [0.1, 0.15) is 18.9 Å². The fraction of sp³-hybridized carbons (Fsp3) is 0.462. The van der Waals surface area contributed by atoms with Gasteiger partial charge in [-0.3, -0.25) is 5.41 Å². The Morgan fingerprint density at radius 1 is 1.56 bits per heavy atom. The molecule has 0 amide bonds. The molecule has 2 unspecified atom stereocenters. The Bertz CT molecular complexity index is 464. The summed E-state index contributed by atoms with van der Waals surface area (Å²) in [5, 5.41) is 8.24. The zero-order chi connectivity index (χ0) is 13.3. The van der Waals surface area contributed by atoms with Crippen LogP contribution < -0.4 is 10.6 Å². The largest absolute Gasteiger partial charge is 0.384 e. The first-order valence-corrected chi connectivity index (χ1v) is 6.37. The molecule has 2 rings (SSSR count). The number of nitrogen functional groups attached to an aromatic ring is 1. The molecule has 0 radical (unpaired) electrons. The average Bonchev–Trinajstić information content (AvgIpc) is 2.74. The third-order valence-electron chi connectivity index (χ3n) is 3.46. The van der Waals surface area contributed by atoms with E-state index in [0.29, 0.717) is 16.6 Å². The number of amidine groups is 1. The highest BCUT2D eigenvalue weighted by atomic mass is 35.5. The fourth-order valence-electron chi connectivity index (χ4n) is 2.44. The zero-order valence-electron chi connectivity index (χ0n) is 10.6. The molecule has 1 aliphatic rings. The van der Waals surface area contributed by atoms with Gasteiger partial charge >= 0.3 is 0 Å². The van der Waals surface area contributed by atoms with Crippen molar-refractivity contribution in [3.05, 3.63) is 28.8 Å². The molecule has 1 aliphatic heterocycles. The van der Waals surface area contributed by atoms with Crippen LogP contribution >= 0.6 is 11.6 Å². The first kappa shape index (κ1) is 13.2. The summed E-state index contributed by atoms with van der Waals surface area (Å²) < 4.78 is 5.58. The predicted molar refractivity (Wildman–Crippen MR) is 74.7 cm³/mol. The van der Waals surface area contributed by atoms with Crippen molar-refractivity contribution < 1.29 is 4.74 Å². The van der Waals surface area contributed by atoms with Gasteiger partial charge in [-0.15, -0.1) is 0 Å². The minimum atomic E-state index is 0.0333. The molecule has 2 atom stereocenters. The number of likely N-dealkylation sites (N-methyl/N-ethyl adjacent to an activating group) is 1. The van der Waals surface area contributed by atoms with Crippen LogP contribution in [0.4, 0.5) is 5.69 Å². The Balaban J connectivity index is 2.35. The third kappa shape index (κ3) is 2.44. The second kappa shape index (κ2) is 5.16. The monoisotopic (exact) mass is 267 g/mol. The standard InChI is InChI=1S/C13H18ClN3O/c1-8-11(5-6-18-8)17(2)12-4-3-9(14)7-10(12)13(15)16/h3-4,7-8,11H,5-6H2,1-2H3,(H3,15,16). The van der Waals surface area contributed by atoms with Crippen molar-refractivity contribution in [3.63, 3.8) is 0 Å². The number of hydrogen-bond acceptors (Lipinski definition) is 3. The number of rotatable bonds is 3. The van der Waals surface area contributed by atoms with Crippen molar-refractivity contribution in [1.82, 2.24) is 0 Å². The van der Waals surface area contributed by atoms with E-state index in [-0.39, 0.29) is 11.9 Å². The molecule has 0 bridgehead atoms. The van der Waals surface area contributed by atoms with E-state index in [0.717, 1.165) is 18.7 Å². The highest BCUT2D eigenvalue weighted by Crippen LogP contribution is 2.28. The van der Waals surface area contributed by atoms with Gasteiger partial charge in [-0.2, -0.15) is 0 Å². The topological polar surface area (TPSA) is 62.3 Å². The lowest BCUT2D eigenvalue weighted by Crippen LogP contribution is -2.37. The average molecular weight is 268 g/mol. The maximum Gasteiger partial charge on any atom is 0.124 e. The van der Waals surface area contributed by atoms with E-state index in [1.807, 2.05) is 19.2 Å². The minimum Gasteiger partial charge on any atom is -0.384 e. The lowest BCUT2D eigenvalue weighted by Gasteiger charge is -2.30. The molecule has 1 aromatic rings. The van der Waals surface area contributed by atoms with Crippen LogP contribution in [0.2, 0.25) is 5.02 Å². The number of halogens is 1. The summed E-state index contributed by atoms with van der Waals surface area (Å²) in [6.45, 7) is 2.84. The lowest BCUT2D eigenvalue weighted by molar-refractivity contribution is 0.118. The minimum absolute atomic E-state index is 0.0333. The Labute approximate surface area is 112 Å². The smallest absolute Gasteiger partial charge is 0.124 e. The predicted octanol–water partition coefficient (Wildman–Crippen LogP) is 2.24. The van der Waals surface area contributed by atoms with Gasteiger partial charge in [0.2, 0.25) is 0 Å². The van der Waals surface area contributed by atoms with Gasteiger partial charge in [0.05, 0.1) is 12.1 Å². The summed E-state index contributed by atoms with van der Waals surface area (Å²) in [7, 11) is 2.01. The van der Waals surface area contributed by atoms with Gasteiger partial charge < -0.3 is 15.4 Å². The van der Waals surface area contributed by atoms with Gasteiger partial charge in [-0.05, 0) is 31.5 Å². The molecule has 1 heterocycles. The number of nitrogens with two attached hydrogens (primary N) is 1. The second-order valence-electron chi connectivity index (χ2n) is 4.62. The fourth-order valence-corrected chi connectivity index (χ4v) is 2.61. The van der Waals surface area contributed by atoms with Gasteiger partial charge in [0.15, 0.2) is 0 Å². The number of ether oxygens (including phenoxy) is 1. The summed E-state index contributed by atoms with van der Waals surface area (Å²) in [4.78, 5) is 2.13. The van der Waals surface area contributed by atoms with E-state index in [2.05, 4.69) is 11.8 Å². The van der Waals surface area contributed by atoms with Gasteiger partial charge in [0.25, 0.3) is 0 Å². The summed E-state index contributed by atoms with van der Waals surface area (Å²) in [5.74, 6) is 0.0333. The molecular formula is C13H18ClN3O.